The highest BCUT2D eigenvalue weighted by atomic mass is 32.3. The standard InChI is InChI=1S/C8H11F8NO4S2/c1-5(9,10)3-7(13,14)22(18,19)17-23(20,21)8(15,16)4-6(2,11)12/h17H,3-4H2,1-2H3. The second-order valence-corrected chi connectivity index (χ2v) is 8.73. The summed E-state index contributed by atoms with van der Waals surface area (Å²) < 4.78 is 147. The van der Waals surface area contributed by atoms with Gasteiger partial charge in [0.05, 0.1) is 12.8 Å². The second-order valence-electron chi connectivity index (χ2n) is 4.86. The van der Waals surface area contributed by atoms with Gasteiger partial charge in [0.2, 0.25) is 0 Å². The molecule has 0 aromatic rings. The Labute approximate surface area is 126 Å². The van der Waals surface area contributed by atoms with E-state index in [1.165, 1.54) is 0 Å². The number of halogens is 8. The van der Waals surface area contributed by atoms with Crippen LogP contribution in [0.4, 0.5) is 35.1 Å². The molecule has 0 unspecified atom stereocenters. The number of hydrogen-bond donors (Lipinski definition) is 1. The van der Waals surface area contributed by atoms with Crippen molar-refractivity contribution in [3.05, 3.63) is 0 Å². The highest BCUT2D eigenvalue weighted by molar-refractivity contribution is 8.05. The maximum atomic E-state index is 13.2. The van der Waals surface area contributed by atoms with Crippen molar-refractivity contribution in [3.63, 3.8) is 0 Å². The predicted molar refractivity (Wildman–Crippen MR) is 61.3 cm³/mol. The van der Waals surface area contributed by atoms with E-state index in [0.717, 1.165) is 0 Å². The minimum atomic E-state index is -6.57. The quantitative estimate of drug-likeness (QED) is 0.634. The summed E-state index contributed by atoms with van der Waals surface area (Å²) >= 11 is 0. The van der Waals surface area contributed by atoms with Crippen molar-refractivity contribution in [1.29, 1.82) is 0 Å². The smallest absolute Gasteiger partial charge is 0.207 e. The Morgan fingerprint density at radius 2 is 0.870 bits per heavy atom. The Hall–Kier alpha value is -0.700. The van der Waals surface area contributed by atoms with Crippen LogP contribution in [0.25, 0.3) is 0 Å². The van der Waals surface area contributed by atoms with Crippen LogP contribution in [-0.4, -0.2) is 39.2 Å². The van der Waals surface area contributed by atoms with Crippen LogP contribution in [0.2, 0.25) is 0 Å². The van der Waals surface area contributed by atoms with Gasteiger partial charge < -0.3 is 0 Å². The zero-order chi connectivity index (χ0) is 19.1. The monoisotopic (exact) mass is 401 g/mol. The molecule has 140 valence electrons. The van der Waals surface area contributed by atoms with Crippen LogP contribution in [0.5, 0.6) is 0 Å². The van der Waals surface area contributed by atoms with E-state index < -0.39 is 55.2 Å². The number of sulfonamides is 2. The lowest BCUT2D eigenvalue weighted by molar-refractivity contribution is -0.0582. The summed E-state index contributed by atoms with van der Waals surface area (Å²) in [6.45, 7) is -0.256. The molecule has 0 aliphatic carbocycles. The molecule has 5 nitrogen and oxygen atoms in total. The van der Waals surface area contributed by atoms with Crippen molar-refractivity contribution in [2.24, 2.45) is 0 Å². The summed E-state index contributed by atoms with van der Waals surface area (Å²) in [6, 6.07) is 0. The Kier molecular flexibility index (Phi) is 5.80. The lowest BCUT2D eigenvalue weighted by Gasteiger charge is -2.24. The predicted octanol–water partition coefficient (Wildman–Crippen LogP) is 2.51. The lowest BCUT2D eigenvalue weighted by Crippen LogP contribution is -2.50. The summed E-state index contributed by atoms with van der Waals surface area (Å²) in [5, 5.41) is -10.9. The molecule has 0 bridgehead atoms. The molecule has 1 N–H and O–H groups in total. The first-order valence-corrected chi connectivity index (χ1v) is 8.38. The van der Waals surface area contributed by atoms with E-state index in [9.17, 15) is 52.0 Å². The van der Waals surface area contributed by atoms with Crippen LogP contribution in [0.1, 0.15) is 26.7 Å². The largest absolute Gasteiger partial charge is 0.365 e. The third-order valence-electron chi connectivity index (χ3n) is 2.04. The fraction of sp³-hybridized carbons (Fsp3) is 1.00. The lowest BCUT2D eigenvalue weighted by atomic mass is 10.3. The van der Waals surface area contributed by atoms with Gasteiger partial charge in [0.1, 0.15) is 0 Å². The minimum Gasteiger partial charge on any atom is -0.207 e. The van der Waals surface area contributed by atoms with Crippen molar-refractivity contribution in [1.82, 2.24) is 4.13 Å². The number of rotatable bonds is 8. The summed E-state index contributed by atoms with van der Waals surface area (Å²) in [5.74, 6) is -8.58. The molecule has 0 fully saturated rings. The molecule has 0 aliphatic heterocycles. The van der Waals surface area contributed by atoms with Crippen LogP contribution >= 0.6 is 0 Å². The van der Waals surface area contributed by atoms with Crippen molar-refractivity contribution in [3.8, 4) is 0 Å². The number of alkyl halides is 8. The van der Waals surface area contributed by atoms with Gasteiger partial charge in [0.25, 0.3) is 31.9 Å². The van der Waals surface area contributed by atoms with Crippen molar-refractivity contribution in [2.45, 2.75) is 49.0 Å². The van der Waals surface area contributed by atoms with E-state index in [1.54, 1.807) is 0 Å². The van der Waals surface area contributed by atoms with Crippen LogP contribution in [-0.2, 0) is 20.0 Å². The Balaban J connectivity index is 5.61. The Morgan fingerprint density at radius 1 is 0.652 bits per heavy atom. The SMILES string of the molecule is CC(F)(F)CC(F)(F)S(=O)(=O)NS(=O)(=O)C(F)(F)CC(C)(F)F. The van der Waals surface area contributed by atoms with E-state index in [-0.39, 0.29) is 18.0 Å². The van der Waals surface area contributed by atoms with Gasteiger partial charge in [-0.2, -0.15) is 17.6 Å². The fourth-order valence-electron chi connectivity index (χ4n) is 1.18. The zero-order valence-electron chi connectivity index (χ0n) is 11.4. The molecule has 0 spiro atoms. The average Bonchev–Trinajstić information content (AvgIpc) is 2.05. The van der Waals surface area contributed by atoms with Crippen molar-refractivity contribution >= 4 is 20.0 Å². The van der Waals surface area contributed by atoms with Gasteiger partial charge in [0.15, 0.2) is 0 Å². The van der Waals surface area contributed by atoms with Crippen molar-refractivity contribution in [2.75, 3.05) is 0 Å². The molecule has 0 heterocycles. The van der Waals surface area contributed by atoms with Crippen LogP contribution in [0, 0.1) is 0 Å². The van der Waals surface area contributed by atoms with E-state index in [0.29, 0.717) is 0 Å². The molecule has 0 aromatic heterocycles. The maximum absolute atomic E-state index is 13.2. The number of nitrogens with one attached hydrogen (secondary N) is 1. The van der Waals surface area contributed by atoms with E-state index >= 15 is 0 Å². The molecule has 23 heavy (non-hydrogen) atoms. The molecule has 0 rings (SSSR count). The fourth-order valence-corrected chi connectivity index (χ4v) is 4.20. The third-order valence-corrected chi connectivity index (χ3v) is 5.65. The first-order chi connectivity index (χ1) is 9.62. The topological polar surface area (TPSA) is 80.3 Å². The maximum Gasteiger partial charge on any atom is 0.365 e. The van der Waals surface area contributed by atoms with Gasteiger partial charge in [-0.15, -0.1) is 0 Å². The third kappa shape index (κ3) is 6.37. The van der Waals surface area contributed by atoms with E-state index in [4.69, 9.17) is 0 Å². The van der Waals surface area contributed by atoms with Crippen LogP contribution in [0.3, 0.4) is 0 Å². The molecule has 0 atom stereocenters. The Bertz CT molecular complexity index is 576. The molecular weight excluding hydrogens is 390 g/mol. The average molecular weight is 401 g/mol. The molecule has 0 saturated carbocycles. The van der Waals surface area contributed by atoms with Gasteiger partial charge in [-0.3, -0.25) is 0 Å². The summed E-state index contributed by atoms with van der Waals surface area (Å²) in [5.41, 5.74) is 0. The number of hydrogen-bond acceptors (Lipinski definition) is 4. The molecule has 0 aliphatic rings. The summed E-state index contributed by atoms with van der Waals surface area (Å²) in [4.78, 5) is 0. The second kappa shape index (κ2) is 5.98. The molecule has 0 amide bonds. The molecule has 0 aromatic carbocycles. The minimum absolute atomic E-state index is 0.128. The molecule has 0 saturated heterocycles. The van der Waals surface area contributed by atoms with Crippen molar-refractivity contribution < 1.29 is 52.0 Å². The van der Waals surface area contributed by atoms with Gasteiger partial charge in [-0.25, -0.2) is 34.4 Å². The van der Waals surface area contributed by atoms with Crippen LogP contribution in [0.15, 0.2) is 0 Å². The van der Waals surface area contributed by atoms with Gasteiger partial charge in [-0.1, -0.05) is 4.13 Å². The zero-order valence-corrected chi connectivity index (χ0v) is 13.0. The molecular formula is C8H11F8NO4S2. The molecule has 0 radical (unpaired) electrons. The summed E-state index contributed by atoms with van der Waals surface area (Å²) in [6.07, 6.45) is -5.42. The van der Waals surface area contributed by atoms with E-state index in [1.807, 2.05) is 0 Å². The first kappa shape index (κ1) is 22.3. The van der Waals surface area contributed by atoms with E-state index in [2.05, 4.69) is 0 Å². The molecule has 15 heteroatoms. The highest BCUT2D eigenvalue weighted by Crippen LogP contribution is 2.37. The summed E-state index contributed by atoms with van der Waals surface area (Å²) in [7, 11) is -13.1. The Morgan fingerprint density at radius 3 is 1.04 bits per heavy atom. The highest BCUT2D eigenvalue weighted by Gasteiger charge is 2.58. The van der Waals surface area contributed by atoms with Gasteiger partial charge in [0, 0.05) is 0 Å². The van der Waals surface area contributed by atoms with Crippen LogP contribution < -0.4 is 4.13 Å². The first-order valence-electron chi connectivity index (χ1n) is 5.41. The normalized spacial score (nSPS) is 15.7. The van der Waals surface area contributed by atoms with Gasteiger partial charge >= 0.3 is 10.5 Å². The van der Waals surface area contributed by atoms with Gasteiger partial charge in [-0.05, 0) is 13.8 Å².